The minimum atomic E-state index is 0.105. The van der Waals surface area contributed by atoms with Crippen LogP contribution in [0, 0.1) is 34.5 Å². The van der Waals surface area contributed by atoms with Gasteiger partial charge in [0, 0.05) is 29.9 Å². The second-order valence-corrected chi connectivity index (χ2v) is 12.4. The van der Waals surface area contributed by atoms with Crippen LogP contribution in [-0.2, 0) is 9.59 Å². The summed E-state index contributed by atoms with van der Waals surface area (Å²) in [4.78, 5) is 28.0. The number of benzene rings is 1. The van der Waals surface area contributed by atoms with E-state index in [9.17, 15) is 9.59 Å². The van der Waals surface area contributed by atoms with Gasteiger partial charge in [0.1, 0.15) is 0 Å². The molecule has 0 saturated heterocycles. The molecule has 0 aromatic heterocycles. The van der Waals surface area contributed by atoms with Crippen LogP contribution in [0.5, 0.6) is 0 Å². The molecule has 3 saturated carbocycles. The van der Waals surface area contributed by atoms with Gasteiger partial charge in [-0.15, -0.1) is 11.8 Å². The third-order valence-electron chi connectivity index (χ3n) is 9.98. The van der Waals surface area contributed by atoms with E-state index in [1.165, 1.54) is 32.1 Å². The van der Waals surface area contributed by atoms with Crippen molar-refractivity contribution < 1.29 is 9.59 Å². The van der Waals surface area contributed by atoms with Gasteiger partial charge >= 0.3 is 0 Å². The Morgan fingerprint density at radius 2 is 1.88 bits per heavy atom. The molecule has 3 aliphatic carbocycles. The molecule has 1 aromatic rings. The summed E-state index contributed by atoms with van der Waals surface area (Å²) in [5, 5.41) is 3.27. The number of rotatable bonds is 5. The largest absolute Gasteiger partial charge is 0.355 e. The lowest BCUT2D eigenvalue weighted by Crippen LogP contribution is -2.59. The summed E-state index contributed by atoms with van der Waals surface area (Å²) in [6.07, 6.45) is 11.4. The van der Waals surface area contributed by atoms with Gasteiger partial charge < -0.3 is 10.2 Å². The summed E-state index contributed by atoms with van der Waals surface area (Å²) in [6.45, 7) is 5.74. The molecule has 2 amide bonds. The highest BCUT2D eigenvalue weighted by atomic mass is 32.2. The average Bonchev–Trinajstić information content (AvgIpc) is 3.16. The van der Waals surface area contributed by atoms with E-state index in [1.807, 2.05) is 36.2 Å². The molecule has 3 fully saturated rings. The normalized spacial score (nSPS) is 39.5. The molecule has 0 unspecified atom stereocenters. The number of likely N-dealkylation sites (N-methyl/N-ethyl adjacent to an activating group) is 1. The number of carbonyl (C=O) groups is 2. The number of nitrogens with one attached hydrogen (secondary N) is 1. The minimum absolute atomic E-state index is 0.105. The summed E-state index contributed by atoms with van der Waals surface area (Å²) < 4.78 is 0. The smallest absolute Gasteiger partial charge is 0.246 e. The molecule has 1 aliphatic heterocycles. The Kier molecular flexibility index (Phi) is 6.13. The van der Waals surface area contributed by atoms with E-state index < -0.39 is 0 Å². The zero-order valence-electron chi connectivity index (χ0n) is 20.3. The van der Waals surface area contributed by atoms with Gasteiger partial charge in [0.15, 0.2) is 0 Å². The van der Waals surface area contributed by atoms with Crippen LogP contribution in [0.2, 0.25) is 0 Å². The molecular formula is C28H38N2O2S. The van der Waals surface area contributed by atoms with E-state index in [1.54, 1.807) is 11.8 Å². The lowest BCUT2D eigenvalue weighted by Gasteiger charge is -2.60. The van der Waals surface area contributed by atoms with E-state index in [-0.39, 0.29) is 17.2 Å². The van der Waals surface area contributed by atoms with Crippen molar-refractivity contribution in [1.82, 2.24) is 10.2 Å². The molecule has 5 heteroatoms. The first-order valence-corrected chi connectivity index (χ1v) is 13.7. The summed E-state index contributed by atoms with van der Waals surface area (Å²) in [7, 11) is 1.99. The molecule has 0 spiro atoms. The fourth-order valence-electron chi connectivity index (χ4n) is 8.14. The molecule has 4 nitrogen and oxygen atoms in total. The highest BCUT2D eigenvalue weighted by Crippen LogP contribution is 2.65. The Hall–Kier alpha value is -1.75. The van der Waals surface area contributed by atoms with Crippen LogP contribution >= 0.6 is 11.8 Å². The predicted octanol–water partition coefficient (Wildman–Crippen LogP) is 5.15. The van der Waals surface area contributed by atoms with E-state index >= 15 is 0 Å². The van der Waals surface area contributed by atoms with Crippen LogP contribution in [0.1, 0.15) is 52.4 Å². The fraction of sp³-hybridized carbons (Fsp3) is 0.643. The van der Waals surface area contributed by atoms with Crippen LogP contribution < -0.4 is 5.32 Å². The van der Waals surface area contributed by atoms with Crippen LogP contribution in [0.25, 0.3) is 0 Å². The van der Waals surface area contributed by atoms with Crippen molar-refractivity contribution in [3.63, 3.8) is 0 Å². The van der Waals surface area contributed by atoms with Gasteiger partial charge in [0.05, 0.1) is 5.75 Å². The molecule has 0 bridgehead atoms. The zero-order chi connectivity index (χ0) is 23.2. The topological polar surface area (TPSA) is 49.4 Å². The lowest BCUT2D eigenvalue weighted by molar-refractivity contribution is -0.139. The van der Waals surface area contributed by atoms with Gasteiger partial charge in [-0.3, -0.25) is 9.59 Å². The summed E-state index contributed by atoms with van der Waals surface area (Å²) in [5.41, 5.74) is 0.429. The predicted molar refractivity (Wildman–Crippen MR) is 134 cm³/mol. The Labute approximate surface area is 203 Å². The van der Waals surface area contributed by atoms with Crippen LogP contribution in [0.4, 0.5) is 0 Å². The summed E-state index contributed by atoms with van der Waals surface area (Å²) in [5.74, 6) is 3.52. The van der Waals surface area contributed by atoms with Crippen molar-refractivity contribution in [3.8, 4) is 0 Å². The second kappa shape index (κ2) is 8.79. The van der Waals surface area contributed by atoms with Gasteiger partial charge in [0.2, 0.25) is 11.8 Å². The van der Waals surface area contributed by atoms with Crippen molar-refractivity contribution in [2.24, 2.45) is 34.5 Å². The first-order valence-electron chi connectivity index (χ1n) is 12.7. The molecular weight excluding hydrogens is 428 g/mol. The number of thioether (sulfide) groups is 1. The highest BCUT2D eigenvalue weighted by Gasteiger charge is 2.60. The van der Waals surface area contributed by atoms with Gasteiger partial charge in [-0.05, 0) is 85.8 Å². The zero-order valence-corrected chi connectivity index (χ0v) is 21.1. The van der Waals surface area contributed by atoms with E-state index in [2.05, 4.69) is 37.4 Å². The summed E-state index contributed by atoms with van der Waals surface area (Å²) in [6, 6.07) is 10.5. The van der Waals surface area contributed by atoms with Crippen molar-refractivity contribution in [3.05, 3.63) is 42.5 Å². The molecule has 178 valence electrons. The van der Waals surface area contributed by atoms with Gasteiger partial charge in [-0.1, -0.05) is 38.1 Å². The third kappa shape index (κ3) is 3.94. The monoisotopic (exact) mass is 466 g/mol. The van der Waals surface area contributed by atoms with Crippen LogP contribution in [-0.4, -0.2) is 42.1 Å². The van der Waals surface area contributed by atoms with Gasteiger partial charge in [0.25, 0.3) is 0 Å². The first-order chi connectivity index (χ1) is 15.8. The maximum Gasteiger partial charge on any atom is 0.246 e. The number of carbonyl (C=O) groups excluding carboxylic acids is 2. The number of nitrogens with zero attached hydrogens (tertiary/aromatic N) is 1. The highest BCUT2D eigenvalue weighted by molar-refractivity contribution is 8.00. The number of amides is 2. The summed E-state index contributed by atoms with van der Waals surface area (Å²) >= 11 is 1.61. The van der Waals surface area contributed by atoms with Gasteiger partial charge in [-0.25, -0.2) is 0 Å². The molecule has 1 aromatic carbocycles. The lowest BCUT2D eigenvalue weighted by atomic mass is 9.47. The standard InChI is InChI=1S/C28H38N2O2S/c1-27-15-13-23-21(10-12-24-28(23,2)16-14-26(32)30(24)3)22(27)11-9-19(27)17-29-25(31)18-33-20-7-5-4-6-8-20/h4-8,14,16,19,21-24H,9-13,15,17-18H2,1-3H3,(H,29,31)/t19-,21+,22+,23+,24-,27-,28-/m1/s1. The van der Waals surface area contributed by atoms with Crippen molar-refractivity contribution >= 4 is 23.6 Å². The Bertz CT molecular complexity index is 933. The maximum atomic E-state index is 12.6. The molecule has 0 radical (unpaired) electrons. The van der Waals surface area contributed by atoms with E-state index in [0.29, 0.717) is 29.0 Å². The van der Waals surface area contributed by atoms with Crippen LogP contribution in [0.3, 0.4) is 0 Å². The number of fused-ring (bicyclic) bond motifs is 5. The molecule has 1 N–H and O–H groups in total. The van der Waals surface area contributed by atoms with Crippen LogP contribution in [0.15, 0.2) is 47.4 Å². The Morgan fingerprint density at radius 3 is 2.67 bits per heavy atom. The second-order valence-electron chi connectivity index (χ2n) is 11.3. The fourth-order valence-corrected chi connectivity index (χ4v) is 8.89. The molecule has 4 aliphatic rings. The van der Waals surface area contributed by atoms with Crippen molar-refractivity contribution in [1.29, 1.82) is 0 Å². The Morgan fingerprint density at radius 1 is 1.09 bits per heavy atom. The first kappa shape index (κ1) is 23.0. The van der Waals surface area contributed by atoms with E-state index in [4.69, 9.17) is 0 Å². The van der Waals surface area contributed by atoms with Crippen molar-refractivity contribution in [2.45, 2.75) is 63.3 Å². The molecule has 5 rings (SSSR count). The van der Waals surface area contributed by atoms with Crippen molar-refractivity contribution in [2.75, 3.05) is 19.3 Å². The number of hydrogen-bond acceptors (Lipinski definition) is 3. The maximum absolute atomic E-state index is 12.6. The third-order valence-corrected chi connectivity index (χ3v) is 11.0. The molecule has 33 heavy (non-hydrogen) atoms. The minimum Gasteiger partial charge on any atom is -0.355 e. The van der Waals surface area contributed by atoms with E-state index in [0.717, 1.165) is 29.7 Å². The quantitative estimate of drug-likeness (QED) is 0.611. The average molecular weight is 467 g/mol. The van der Waals surface area contributed by atoms with Gasteiger partial charge in [-0.2, -0.15) is 0 Å². The number of hydrogen-bond donors (Lipinski definition) is 1. The SMILES string of the molecule is CN1C(=O)C=C[C@]2(C)[C@H]3CC[C@]4(C)[C@@H](CNC(=O)CSc5ccccc5)CC[C@H]4[C@@H]3CC[C@@H]12. The molecule has 7 atom stereocenters. The Balaban J connectivity index is 1.22. The molecule has 1 heterocycles.